The second-order valence-electron chi connectivity index (χ2n) is 4.77. The molecule has 4 nitrogen and oxygen atoms in total. The van der Waals surface area contributed by atoms with Crippen molar-refractivity contribution in [3.05, 3.63) is 71.6 Å². The first kappa shape index (κ1) is 19.2. The van der Waals surface area contributed by atoms with Gasteiger partial charge in [-0.3, -0.25) is 4.99 Å². The quantitative estimate of drug-likeness (QED) is 0.451. The van der Waals surface area contributed by atoms with E-state index < -0.39 is 17.7 Å². The SMILES string of the molecule is C=CN=C/C=C\C(=C\C(=O)O)NCc1cc(C(F)(F)F)ccc1C. The lowest BCUT2D eigenvalue weighted by molar-refractivity contribution is -0.137. The number of halogens is 3. The molecule has 2 N–H and O–H groups in total. The lowest BCUT2D eigenvalue weighted by atomic mass is 10.0. The van der Waals surface area contributed by atoms with Crippen molar-refractivity contribution in [2.75, 3.05) is 0 Å². The molecule has 7 heteroatoms. The Kier molecular flexibility index (Phi) is 6.98. The molecule has 1 aromatic rings. The maximum absolute atomic E-state index is 12.8. The second kappa shape index (κ2) is 8.71. The number of aliphatic imine (C=N–C) groups is 1. The maximum atomic E-state index is 12.8. The summed E-state index contributed by atoms with van der Waals surface area (Å²) >= 11 is 0. The van der Waals surface area contributed by atoms with Gasteiger partial charge in [-0.25, -0.2) is 4.79 Å². The van der Waals surface area contributed by atoms with Crippen LogP contribution < -0.4 is 5.32 Å². The highest BCUT2D eigenvalue weighted by molar-refractivity contribution is 5.81. The predicted molar refractivity (Wildman–Crippen MR) is 86.6 cm³/mol. The number of carboxylic acid groups (broad SMARTS) is 1. The summed E-state index contributed by atoms with van der Waals surface area (Å²) in [6.07, 6.45) is 2.14. The smallest absolute Gasteiger partial charge is 0.416 e. The summed E-state index contributed by atoms with van der Waals surface area (Å²) in [5.41, 5.74) is 0.578. The lowest BCUT2D eigenvalue weighted by Gasteiger charge is -2.13. The van der Waals surface area contributed by atoms with Crippen molar-refractivity contribution in [1.82, 2.24) is 5.32 Å². The molecule has 0 atom stereocenters. The van der Waals surface area contributed by atoms with Gasteiger partial charge in [0.15, 0.2) is 0 Å². The average Bonchev–Trinajstić information content (AvgIpc) is 2.48. The Balaban J connectivity index is 2.94. The zero-order chi connectivity index (χ0) is 18.2. The Morgan fingerprint density at radius 1 is 1.42 bits per heavy atom. The van der Waals surface area contributed by atoms with Gasteiger partial charge in [0.25, 0.3) is 0 Å². The van der Waals surface area contributed by atoms with Crippen LogP contribution in [0, 0.1) is 6.92 Å². The molecule has 1 aromatic carbocycles. The van der Waals surface area contributed by atoms with Gasteiger partial charge in [-0.2, -0.15) is 13.2 Å². The van der Waals surface area contributed by atoms with Gasteiger partial charge in [0, 0.05) is 30.7 Å². The van der Waals surface area contributed by atoms with Crippen LogP contribution >= 0.6 is 0 Å². The Morgan fingerprint density at radius 2 is 2.12 bits per heavy atom. The van der Waals surface area contributed by atoms with Crippen molar-refractivity contribution in [3.8, 4) is 0 Å². The fraction of sp³-hybridized carbons (Fsp3) is 0.176. The molecule has 0 aliphatic carbocycles. The monoisotopic (exact) mass is 338 g/mol. The Hall–Kier alpha value is -2.83. The van der Waals surface area contributed by atoms with Crippen molar-refractivity contribution in [1.29, 1.82) is 0 Å². The van der Waals surface area contributed by atoms with Crippen LogP contribution in [0.4, 0.5) is 13.2 Å². The Labute approximate surface area is 137 Å². The number of aryl methyl sites for hydroxylation is 1. The third-order valence-corrected chi connectivity index (χ3v) is 2.99. The molecule has 0 saturated heterocycles. The van der Waals surface area contributed by atoms with E-state index in [1.54, 1.807) is 6.92 Å². The van der Waals surface area contributed by atoms with E-state index in [1.165, 1.54) is 30.6 Å². The zero-order valence-electron chi connectivity index (χ0n) is 13.0. The zero-order valence-corrected chi connectivity index (χ0v) is 13.0. The highest BCUT2D eigenvalue weighted by atomic mass is 19.4. The van der Waals surface area contributed by atoms with Gasteiger partial charge in [0.2, 0.25) is 0 Å². The summed E-state index contributed by atoms with van der Waals surface area (Å²) in [6.45, 7) is 5.13. The number of rotatable bonds is 7. The van der Waals surface area contributed by atoms with Crippen molar-refractivity contribution < 1.29 is 23.1 Å². The summed E-state index contributed by atoms with van der Waals surface area (Å²) in [6, 6.07) is 3.44. The van der Waals surface area contributed by atoms with E-state index >= 15 is 0 Å². The standard InChI is InChI=1S/C17H17F3N2O2/c1-3-21-8-4-5-15(10-16(23)24)22-11-13-9-14(17(18,19)20)7-6-12(13)2/h3-10,22H,1,11H2,2H3,(H,23,24)/b5-4-,15-10-,21-8?. The number of carboxylic acids is 1. The molecular weight excluding hydrogens is 321 g/mol. The molecule has 0 heterocycles. The minimum Gasteiger partial charge on any atom is -0.478 e. The molecule has 0 spiro atoms. The lowest BCUT2D eigenvalue weighted by Crippen LogP contribution is -2.15. The van der Waals surface area contributed by atoms with Crippen LogP contribution in [0.5, 0.6) is 0 Å². The predicted octanol–water partition coefficient (Wildman–Crippen LogP) is 3.84. The average molecular weight is 338 g/mol. The van der Waals surface area contributed by atoms with Gasteiger partial charge in [0.1, 0.15) is 0 Å². The minimum absolute atomic E-state index is 0.0534. The Morgan fingerprint density at radius 3 is 2.71 bits per heavy atom. The van der Waals surface area contributed by atoms with E-state index in [0.29, 0.717) is 11.1 Å². The number of nitrogens with one attached hydrogen (secondary N) is 1. The fourth-order valence-electron chi connectivity index (χ4n) is 1.78. The molecule has 0 radical (unpaired) electrons. The van der Waals surface area contributed by atoms with Gasteiger partial charge in [-0.1, -0.05) is 12.6 Å². The molecular formula is C17H17F3N2O2. The van der Waals surface area contributed by atoms with Crippen molar-refractivity contribution in [2.24, 2.45) is 4.99 Å². The number of nitrogens with zero attached hydrogens (tertiary/aromatic N) is 1. The van der Waals surface area contributed by atoms with Gasteiger partial charge >= 0.3 is 12.1 Å². The highest BCUT2D eigenvalue weighted by Gasteiger charge is 2.30. The summed E-state index contributed by atoms with van der Waals surface area (Å²) in [5, 5.41) is 11.6. The number of hydrogen-bond acceptors (Lipinski definition) is 3. The molecule has 0 aliphatic heterocycles. The van der Waals surface area contributed by atoms with Crippen LogP contribution in [-0.2, 0) is 17.5 Å². The van der Waals surface area contributed by atoms with Crippen molar-refractivity contribution in [3.63, 3.8) is 0 Å². The van der Waals surface area contributed by atoms with Crippen LogP contribution in [-0.4, -0.2) is 17.3 Å². The first-order chi connectivity index (χ1) is 11.2. The van der Waals surface area contributed by atoms with E-state index in [2.05, 4.69) is 16.9 Å². The second-order valence-corrected chi connectivity index (χ2v) is 4.77. The third-order valence-electron chi connectivity index (χ3n) is 2.99. The third kappa shape index (κ3) is 6.51. The molecule has 0 aliphatic rings. The van der Waals surface area contributed by atoms with Crippen LogP contribution in [0.2, 0.25) is 0 Å². The van der Waals surface area contributed by atoms with E-state index in [1.807, 2.05) is 0 Å². The highest BCUT2D eigenvalue weighted by Crippen LogP contribution is 2.30. The molecule has 24 heavy (non-hydrogen) atoms. The van der Waals surface area contributed by atoms with Crippen molar-refractivity contribution >= 4 is 12.2 Å². The number of allylic oxidation sites excluding steroid dienone is 2. The van der Waals surface area contributed by atoms with Gasteiger partial charge in [-0.15, -0.1) is 0 Å². The molecule has 128 valence electrons. The van der Waals surface area contributed by atoms with Crippen LogP contribution in [0.15, 0.2) is 59.9 Å². The number of benzene rings is 1. The molecule has 0 amide bonds. The first-order valence-corrected chi connectivity index (χ1v) is 6.90. The molecule has 0 saturated carbocycles. The fourth-order valence-corrected chi connectivity index (χ4v) is 1.78. The molecule has 0 fully saturated rings. The normalized spacial score (nSPS) is 12.8. The van der Waals surface area contributed by atoms with Crippen LogP contribution in [0.3, 0.4) is 0 Å². The number of alkyl halides is 3. The van der Waals surface area contributed by atoms with E-state index in [0.717, 1.165) is 18.2 Å². The van der Waals surface area contributed by atoms with Gasteiger partial charge < -0.3 is 10.4 Å². The van der Waals surface area contributed by atoms with E-state index in [4.69, 9.17) is 5.11 Å². The molecule has 0 aromatic heterocycles. The maximum Gasteiger partial charge on any atom is 0.416 e. The minimum atomic E-state index is -4.43. The van der Waals surface area contributed by atoms with Gasteiger partial charge in [0.05, 0.1) is 5.56 Å². The molecule has 0 bridgehead atoms. The summed E-state index contributed by atoms with van der Waals surface area (Å²) in [7, 11) is 0. The number of aliphatic carboxylic acids is 1. The van der Waals surface area contributed by atoms with Gasteiger partial charge in [-0.05, 0) is 42.3 Å². The number of carbonyl (C=O) groups is 1. The summed E-state index contributed by atoms with van der Waals surface area (Å²) < 4.78 is 38.3. The van der Waals surface area contributed by atoms with E-state index in [9.17, 15) is 18.0 Å². The topological polar surface area (TPSA) is 61.7 Å². The number of hydrogen-bond donors (Lipinski definition) is 2. The Bertz CT molecular complexity index is 690. The molecule has 0 unspecified atom stereocenters. The summed E-state index contributed by atoms with van der Waals surface area (Å²) in [5.74, 6) is -1.18. The first-order valence-electron chi connectivity index (χ1n) is 6.90. The van der Waals surface area contributed by atoms with Crippen molar-refractivity contribution in [2.45, 2.75) is 19.6 Å². The molecule has 1 rings (SSSR count). The van der Waals surface area contributed by atoms with Crippen LogP contribution in [0.25, 0.3) is 0 Å². The summed E-state index contributed by atoms with van der Waals surface area (Å²) in [4.78, 5) is 14.5. The largest absolute Gasteiger partial charge is 0.478 e. The van der Waals surface area contributed by atoms with Crippen LogP contribution in [0.1, 0.15) is 16.7 Å². The van der Waals surface area contributed by atoms with E-state index in [-0.39, 0.29) is 12.2 Å².